The number of carbonyl (C=O) groups excluding carboxylic acids is 1. The van der Waals surface area contributed by atoms with Gasteiger partial charge in [-0.2, -0.15) is 23.1 Å². The summed E-state index contributed by atoms with van der Waals surface area (Å²) in [4.78, 5) is 34.6. The van der Waals surface area contributed by atoms with Gasteiger partial charge in [0, 0.05) is 56.8 Å². The Morgan fingerprint density at radius 1 is 0.953 bits per heavy atom. The number of amides is 1. The molecular formula is C47H53F5N6O6. The molecule has 0 unspecified atom stereocenters. The summed E-state index contributed by atoms with van der Waals surface area (Å²) in [6.07, 6.45) is 5.51. The molecule has 2 aromatic heterocycles. The first-order valence-electron chi connectivity index (χ1n) is 22.0. The van der Waals surface area contributed by atoms with E-state index in [1.165, 1.54) is 13.2 Å². The van der Waals surface area contributed by atoms with Crippen molar-refractivity contribution in [3.8, 4) is 35.4 Å². The number of pyridine rings is 1. The van der Waals surface area contributed by atoms with E-state index in [1.807, 2.05) is 30.6 Å². The third-order valence-corrected chi connectivity index (χ3v) is 13.8. The van der Waals surface area contributed by atoms with Crippen molar-refractivity contribution in [1.82, 2.24) is 24.8 Å². The van der Waals surface area contributed by atoms with Crippen LogP contribution in [0.3, 0.4) is 0 Å². The number of aromatic nitrogens is 3. The number of rotatable bonds is 10. The highest BCUT2D eigenvalue weighted by atomic mass is 19.4. The molecule has 4 fully saturated rings. The molecule has 2 bridgehead atoms. The number of methoxy groups -OCH3 is 2. The number of carbonyl (C=O) groups is 1. The number of aryl methyl sites for hydroxylation is 1. The number of nitrogens with zero attached hydrogens (tertiary/aromatic N) is 6. The molecule has 1 aliphatic carbocycles. The second-order valence-electron chi connectivity index (χ2n) is 19.0. The lowest BCUT2D eigenvalue weighted by Crippen LogP contribution is -2.62. The molecule has 0 N–H and O–H groups in total. The van der Waals surface area contributed by atoms with E-state index in [2.05, 4.69) is 10.8 Å². The molecule has 2 aromatic carbocycles. The maximum atomic E-state index is 17.8. The molecule has 17 heteroatoms. The van der Waals surface area contributed by atoms with Crippen molar-refractivity contribution in [3.63, 3.8) is 0 Å². The Labute approximate surface area is 368 Å². The molecule has 4 aliphatic heterocycles. The van der Waals surface area contributed by atoms with Gasteiger partial charge >= 0.3 is 18.3 Å². The van der Waals surface area contributed by atoms with Crippen LogP contribution in [0, 0.1) is 29.4 Å². The van der Waals surface area contributed by atoms with Crippen LogP contribution >= 0.6 is 0 Å². The summed E-state index contributed by atoms with van der Waals surface area (Å²) < 4.78 is 103. The number of benzene rings is 2. The zero-order valence-corrected chi connectivity index (χ0v) is 36.7. The molecular weight excluding hydrogens is 840 g/mol. The van der Waals surface area contributed by atoms with Gasteiger partial charge in [-0.3, -0.25) is 4.90 Å². The zero-order chi connectivity index (χ0) is 45.3. The van der Waals surface area contributed by atoms with Crippen molar-refractivity contribution < 1.29 is 50.4 Å². The SMILES string of the molecule is C#Cc1c(F)ccc2cc(OCOC)cc(-c3nc4c5c(nc(OCC6(CN7CCC(OC)(C(F)(F)F)CC7)CC6)nc5c3F)N3C[C@H]5CC[C@@H]([C@H]3CCC4)N5C(=O)OC(C)(C)C)c12. The number of piperazine rings is 1. The van der Waals surface area contributed by atoms with Gasteiger partial charge in [-0.15, -0.1) is 6.42 Å². The van der Waals surface area contributed by atoms with Crippen molar-refractivity contribution in [3.05, 3.63) is 47.2 Å². The first-order valence-corrected chi connectivity index (χ1v) is 22.0. The summed E-state index contributed by atoms with van der Waals surface area (Å²) in [6.45, 7) is 6.94. The maximum absolute atomic E-state index is 17.8. The van der Waals surface area contributed by atoms with Crippen LogP contribution in [-0.4, -0.2) is 120 Å². The molecule has 5 aliphatic rings. The number of hydrogen-bond acceptors (Lipinski definition) is 11. The van der Waals surface area contributed by atoms with E-state index in [1.54, 1.807) is 18.2 Å². The first kappa shape index (κ1) is 44.2. The monoisotopic (exact) mass is 892 g/mol. The lowest BCUT2D eigenvalue weighted by atomic mass is 9.89. The van der Waals surface area contributed by atoms with Gasteiger partial charge in [-0.05, 0) is 102 Å². The highest BCUT2D eigenvalue weighted by Gasteiger charge is 2.57. The standard InChI is InChI=1S/C47H53F5N6O6/c1-7-30-32(48)13-11-27-21-29(63-26-60-5)22-31(36(27)30)39-38(49)40-37-33(53-39)9-8-10-34-35-14-12-28(58(35)43(59)64-44(2,3)4)23-57(34)41(37)55-42(54-40)62-25-45(15-16-45)24-56-19-17-46(61-6,18-20-56)47(50,51)52/h1,11,13,21-22,28,34-35H,8-10,12,14-20,23-26H2,2-6H3/t28-,34-,35+/m1/s1. The Hall–Kier alpha value is -5.05. The summed E-state index contributed by atoms with van der Waals surface area (Å²) in [5, 5.41) is 1.21. The van der Waals surface area contributed by atoms with E-state index >= 15 is 8.78 Å². The number of halogens is 5. The highest BCUT2D eigenvalue weighted by Crippen LogP contribution is 2.50. The van der Waals surface area contributed by atoms with Gasteiger partial charge in [-0.25, -0.2) is 18.6 Å². The third kappa shape index (κ3) is 7.93. The van der Waals surface area contributed by atoms with E-state index in [9.17, 15) is 18.0 Å². The van der Waals surface area contributed by atoms with Crippen molar-refractivity contribution in [1.29, 1.82) is 0 Å². The smallest absolute Gasteiger partial charge is 0.417 e. The lowest BCUT2D eigenvalue weighted by Gasteiger charge is -2.48. The predicted octanol–water partition coefficient (Wildman–Crippen LogP) is 8.58. The van der Waals surface area contributed by atoms with E-state index < -0.39 is 29.0 Å². The van der Waals surface area contributed by atoms with Crippen LogP contribution in [0.1, 0.15) is 83.4 Å². The molecule has 4 aromatic rings. The number of terminal acetylenes is 1. The number of ether oxygens (including phenoxy) is 5. The van der Waals surface area contributed by atoms with Crippen LogP contribution in [0.25, 0.3) is 32.9 Å². The van der Waals surface area contributed by atoms with Crippen LogP contribution in [0.5, 0.6) is 11.8 Å². The van der Waals surface area contributed by atoms with Crippen molar-refractivity contribution >= 4 is 33.6 Å². The molecule has 9 rings (SSSR count). The number of hydrogen-bond donors (Lipinski definition) is 0. The summed E-state index contributed by atoms with van der Waals surface area (Å²) in [5.41, 5.74) is -2.66. The molecule has 6 heterocycles. The summed E-state index contributed by atoms with van der Waals surface area (Å²) >= 11 is 0. The Kier molecular flexibility index (Phi) is 11.3. The number of likely N-dealkylation sites (tertiary alicyclic amines) is 1. The minimum absolute atomic E-state index is 0.0403. The summed E-state index contributed by atoms with van der Waals surface area (Å²) in [5.74, 6) is 1.78. The van der Waals surface area contributed by atoms with Gasteiger partial charge < -0.3 is 33.5 Å². The van der Waals surface area contributed by atoms with E-state index in [4.69, 9.17) is 45.1 Å². The molecule has 1 amide bonds. The van der Waals surface area contributed by atoms with Crippen molar-refractivity contribution in [2.45, 2.75) is 114 Å². The van der Waals surface area contributed by atoms with Crippen LogP contribution in [0.2, 0.25) is 0 Å². The Bertz CT molecular complexity index is 2510. The molecule has 0 radical (unpaired) electrons. The minimum atomic E-state index is -4.47. The predicted molar refractivity (Wildman–Crippen MR) is 228 cm³/mol. The second kappa shape index (κ2) is 16.4. The van der Waals surface area contributed by atoms with Crippen molar-refractivity contribution in [2.24, 2.45) is 5.41 Å². The van der Waals surface area contributed by atoms with Gasteiger partial charge in [0.15, 0.2) is 18.2 Å². The lowest BCUT2D eigenvalue weighted by molar-refractivity contribution is -0.282. The quantitative estimate of drug-likeness (QED) is 0.0868. The fraction of sp³-hybridized carbons (Fsp3) is 0.574. The Balaban J connectivity index is 1.13. The maximum Gasteiger partial charge on any atom is 0.417 e. The largest absolute Gasteiger partial charge is 0.468 e. The van der Waals surface area contributed by atoms with Gasteiger partial charge in [0.25, 0.3) is 0 Å². The molecule has 1 saturated carbocycles. The molecule has 12 nitrogen and oxygen atoms in total. The molecule has 64 heavy (non-hydrogen) atoms. The van der Waals surface area contributed by atoms with E-state index in [0.717, 1.165) is 32.8 Å². The molecule has 3 saturated heterocycles. The fourth-order valence-corrected chi connectivity index (χ4v) is 10.4. The number of piperidine rings is 1. The fourth-order valence-electron chi connectivity index (χ4n) is 10.4. The van der Waals surface area contributed by atoms with Crippen molar-refractivity contribution in [2.75, 3.05) is 58.7 Å². The average molecular weight is 893 g/mol. The number of anilines is 1. The average Bonchev–Trinajstić information content (AvgIpc) is 3.93. The molecule has 0 spiro atoms. The summed E-state index contributed by atoms with van der Waals surface area (Å²) in [7, 11) is 2.59. The van der Waals surface area contributed by atoms with Gasteiger partial charge in [0.05, 0.1) is 41.4 Å². The highest BCUT2D eigenvalue weighted by molar-refractivity contribution is 6.03. The van der Waals surface area contributed by atoms with Crippen LogP contribution in [0.15, 0.2) is 24.3 Å². The summed E-state index contributed by atoms with van der Waals surface area (Å²) in [6, 6.07) is 5.42. The molecule has 342 valence electrons. The van der Waals surface area contributed by atoms with E-state index in [-0.39, 0.29) is 103 Å². The Morgan fingerprint density at radius 2 is 1.72 bits per heavy atom. The second-order valence-corrected chi connectivity index (χ2v) is 19.0. The van der Waals surface area contributed by atoms with Crippen LogP contribution < -0.4 is 14.4 Å². The minimum Gasteiger partial charge on any atom is -0.468 e. The third-order valence-electron chi connectivity index (χ3n) is 13.8. The van der Waals surface area contributed by atoms with E-state index in [0.29, 0.717) is 60.4 Å². The molecule has 3 atom stereocenters. The zero-order valence-electron chi connectivity index (χ0n) is 36.7. The van der Waals surface area contributed by atoms with Crippen LogP contribution in [-0.2, 0) is 20.6 Å². The van der Waals surface area contributed by atoms with Gasteiger partial charge in [-0.1, -0.05) is 12.0 Å². The Morgan fingerprint density at radius 3 is 2.39 bits per heavy atom. The first-order chi connectivity index (χ1) is 30.5. The van der Waals surface area contributed by atoms with Gasteiger partial charge in [0.2, 0.25) is 0 Å². The number of alkyl halides is 3. The van der Waals surface area contributed by atoms with Crippen LogP contribution in [0.4, 0.5) is 32.6 Å². The normalized spacial score (nSPS) is 22.7. The topological polar surface area (TPSA) is 112 Å². The van der Waals surface area contributed by atoms with Gasteiger partial charge in [0.1, 0.15) is 34.2 Å². The number of fused-ring (bicyclic) bond motifs is 6.